The fourth-order valence-corrected chi connectivity index (χ4v) is 1.69. The Labute approximate surface area is 110 Å². The second kappa shape index (κ2) is 6.47. The maximum absolute atomic E-state index is 12.7. The van der Waals surface area contributed by atoms with Crippen LogP contribution in [0.15, 0.2) is 18.2 Å². The molecule has 0 spiro atoms. The van der Waals surface area contributed by atoms with Gasteiger partial charge in [-0.1, -0.05) is 24.6 Å². The van der Waals surface area contributed by atoms with E-state index in [1.807, 2.05) is 6.92 Å². The van der Waals surface area contributed by atoms with Crippen molar-refractivity contribution in [3.8, 4) is 0 Å². The van der Waals surface area contributed by atoms with Crippen molar-refractivity contribution in [2.75, 3.05) is 0 Å². The first-order chi connectivity index (χ1) is 7.36. The topological polar surface area (TPSA) is 26.0 Å². The van der Waals surface area contributed by atoms with Gasteiger partial charge in [0.1, 0.15) is 0 Å². The van der Waals surface area contributed by atoms with Gasteiger partial charge in [0.15, 0.2) is 0 Å². The summed E-state index contributed by atoms with van der Waals surface area (Å²) in [5.41, 5.74) is 5.06. The summed E-state index contributed by atoms with van der Waals surface area (Å²) in [6.07, 6.45) is -3.62. The first-order valence-electron chi connectivity index (χ1n) is 4.96. The van der Waals surface area contributed by atoms with Gasteiger partial charge in [0.2, 0.25) is 0 Å². The van der Waals surface area contributed by atoms with Crippen LogP contribution in [0, 0.1) is 0 Å². The molecule has 1 nitrogen and oxygen atoms in total. The maximum Gasteiger partial charge on any atom is 0.416 e. The first kappa shape index (κ1) is 16.6. The van der Waals surface area contributed by atoms with E-state index in [1.165, 1.54) is 12.1 Å². The van der Waals surface area contributed by atoms with Crippen LogP contribution >= 0.6 is 24.0 Å². The summed E-state index contributed by atoms with van der Waals surface area (Å²) in [5.74, 6) is 0. The minimum atomic E-state index is -4.38. The Morgan fingerprint density at radius 1 is 1.35 bits per heavy atom. The number of halogens is 5. The summed E-state index contributed by atoms with van der Waals surface area (Å²) >= 11 is 5.78. The molecule has 1 unspecified atom stereocenters. The minimum Gasteiger partial charge on any atom is -0.327 e. The van der Waals surface area contributed by atoms with E-state index in [2.05, 4.69) is 0 Å². The molecule has 1 aromatic carbocycles. The molecular weight excluding hydrogens is 274 g/mol. The predicted octanol–water partition coefficient (Wildman–Crippen LogP) is 4.06. The molecule has 0 fully saturated rings. The Morgan fingerprint density at radius 2 is 1.94 bits per heavy atom. The van der Waals surface area contributed by atoms with Gasteiger partial charge in [0.25, 0.3) is 0 Å². The molecule has 2 N–H and O–H groups in total. The van der Waals surface area contributed by atoms with Crippen LogP contribution in [0.4, 0.5) is 13.2 Å². The van der Waals surface area contributed by atoms with E-state index in [4.69, 9.17) is 17.3 Å². The van der Waals surface area contributed by atoms with Crippen molar-refractivity contribution in [1.82, 2.24) is 0 Å². The molecule has 0 radical (unpaired) electrons. The first-order valence-corrected chi connectivity index (χ1v) is 5.34. The summed E-state index contributed by atoms with van der Waals surface area (Å²) in [6.45, 7) is 1.83. The van der Waals surface area contributed by atoms with Gasteiger partial charge in [0, 0.05) is 11.1 Å². The highest BCUT2D eigenvalue weighted by molar-refractivity contribution is 6.31. The Balaban J connectivity index is 0.00000256. The lowest BCUT2D eigenvalue weighted by Crippen LogP contribution is -2.23. The van der Waals surface area contributed by atoms with Gasteiger partial charge in [-0.2, -0.15) is 13.2 Å². The lowest BCUT2D eigenvalue weighted by atomic mass is 9.99. The number of hydrogen-bond donors (Lipinski definition) is 1. The van der Waals surface area contributed by atoms with Crippen LogP contribution < -0.4 is 5.73 Å². The highest BCUT2D eigenvalue weighted by Gasteiger charge is 2.34. The molecule has 0 saturated carbocycles. The van der Waals surface area contributed by atoms with Crippen LogP contribution in [0.1, 0.15) is 24.5 Å². The third kappa shape index (κ3) is 4.37. The molecular formula is C11H14Cl2F3N. The van der Waals surface area contributed by atoms with Crippen molar-refractivity contribution in [2.24, 2.45) is 5.73 Å². The highest BCUT2D eigenvalue weighted by Crippen LogP contribution is 2.35. The van der Waals surface area contributed by atoms with Gasteiger partial charge < -0.3 is 5.73 Å². The minimum absolute atomic E-state index is 0. The molecule has 0 amide bonds. The fourth-order valence-electron chi connectivity index (χ4n) is 1.44. The average molecular weight is 288 g/mol. The van der Waals surface area contributed by atoms with Crippen molar-refractivity contribution >= 4 is 24.0 Å². The Kier molecular flexibility index (Phi) is 6.30. The van der Waals surface area contributed by atoms with Crippen molar-refractivity contribution < 1.29 is 13.2 Å². The summed E-state index contributed by atoms with van der Waals surface area (Å²) in [7, 11) is 0. The molecule has 1 rings (SSSR count). The zero-order chi connectivity index (χ0) is 12.3. The molecule has 0 saturated heterocycles. The molecule has 0 aromatic heterocycles. The van der Waals surface area contributed by atoms with Crippen LogP contribution in [0.25, 0.3) is 0 Å². The largest absolute Gasteiger partial charge is 0.416 e. The van der Waals surface area contributed by atoms with Crippen molar-refractivity contribution in [1.29, 1.82) is 0 Å². The lowest BCUT2D eigenvalue weighted by Gasteiger charge is -2.16. The van der Waals surface area contributed by atoms with Gasteiger partial charge in [0.05, 0.1) is 5.56 Å². The van der Waals surface area contributed by atoms with Gasteiger partial charge >= 0.3 is 6.18 Å². The molecule has 98 valence electrons. The number of hydrogen-bond acceptors (Lipinski definition) is 1. The number of benzene rings is 1. The molecule has 6 heteroatoms. The summed E-state index contributed by atoms with van der Waals surface area (Å²) < 4.78 is 38.0. The second-order valence-electron chi connectivity index (χ2n) is 3.64. The number of rotatable bonds is 3. The molecule has 1 atom stereocenters. The van der Waals surface area contributed by atoms with Crippen molar-refractivity contribution in [3.05, 3.63) is 34.3 Å². The molecule has 0 bridgehead atoms. The summed E-state index contributed by atoms with van der Waals surface area (Å²) in [5, 5.41) is 0.124. The SMILES string of the molecule is CCC(N)Cc1c(Cl)cccc1C(F)(F)F.Cl. The lowest BCUT2D eigenvalue weighted by molar-refractivity contribution is -0.138. The third-order valence-corrected chi connectivity index (χ3v) is 2.77. The van der Waals surface area contributed by atoms with E-state index in [-0.39, 0.29) is 35.5 Å². The van der Waals surface area contributed by atoms with Crippen LogP contribution in [-0.2, 0) is 12.6 Å². The van der Waals surface area contributed by atoms with Gasteiger partial charge in [-0.05, 0) is 30.5 Å². The molecule has 0 aliphatic heterocycles. The number of nitrogens with two attached hydrogens (primary N) is 1. The molecule has 0 aliphatic rings. The van der Waals surface area contributed by atoms with Crippen LogP contribution in [-0.4, -0.2) is 6.04 Å². The predicted molar refractivity (Wildman–Crippen MR) is 65.7 cm³/mol. The van der Waals surface area contributed by atoms with Gasteiger partial charge in [-0.25, -0.2) is 0 Å². The Hall–Kier alpha value is -0.450. The fraction of sp³-hybridized carbons (Fsp3) is 0.455. The van der Waals surface area contributed by atoms with E-state index in [0.717, 1.165) is 6.07 Å². The molecule has 17 heavy (non-hydrogen) atoms. The van der Waals surface area contributed by atoms with Crippen LogP contribution in [0.3, 0.4) is 0 Å². The summed E-state index contributed by atoms with van der Waals surface area (Å²) in [6, 6.07) is 3.48. The average Bonchev–Trinajstić information content (AvgIpc) is 2.19. The van der Waals surface area contributed by atoms with Crippen LogP contribution in [0.5, 0.6) is 0 Å². The van der Waals surface area contributed by atoms with Crippen molar-refractivity contribution in [3.63, 3.8) is 0 Å². The normalized spacial score (nSPS) is 13.1. The zero-order valence-electron chi connectivity index (χ0n) is 9.22. The number of alkyl halides is 3. The Bertz CT molecular complexity index is 366. The van der Waals surface area contributed by atoms with E-state index < -0.39 is 11.7 Å². The Morgan fingerprint density at radius 3 is 2.41 bits per heavy atom. The van der Waals surface area contributed by atoms with E-state index in [0.29, 0.717) is 6.42 Å². The second-order valence-corrected chi connectivity index (χ2v) is 4.04. The molecule has 0 aliphatic carbocycles. The van der Waals surface area contributed by atoms with Gasteiger partial charge in [-0.3, -0.25) is 0 Å². The van der Waals surface area contributed by atoms with E-state index in [9.17, 15) is 13.2 Å². The van der Waals surface area contributed by atoms with Gasteiger partial charge in [-0.15, -0.1) is 12.4 Å². The van der Waals surface area contributed by atoms with E-state index >= 15 is 0 Å². The maximum atomic E-state index is 12.7. The van der Waals surface area contributed by atoms with Crippen molar-refractivity contribution in [2.45, 2.75) is 32.0 Å². The standard InChI is InChI=1S/C11H13ClF3N.ClH/c1-2-7(16)6-8-9(11(13,14)15)4-3-5-10(8)12;/h3-5,7H,2,6,16H2,1H3;1H. The highest BCUT2D eigenvalue weighted by atomic mass is 35.5. The smallest absolute Gasteiger partial charge is 0.327 e. The monoisotopic (exact) mass is 287 g/mol. The summed E-state index contributed by atoms with van der Waals surface area (Å²) in [4.78, 5) is 0. The molecule has 1 aromatic rings. The third-order valence-electron chi connectivity index (χ3n) is 2.41. The van der Waals surface area contributed by atoms with Crippen LogP contribution in [0.2, 0.25) is 5.02 Å². The quantitative estimate of drug-likeness (QED) is 0.891. The van der Waals surface area contributed by atoms with E-state index in [1.54, 1.807) is 0 Å². The zero-order valence-corrected chi connectivity index (χ0v) is 10.8. The molecule has 0 heterocycles.